The van der Waals surface area contributed by atoms with Crippen molar-refractivity contribution < 1.29 is 23.4 Å². The van der Waals surface area contributed by atoms with E-state index in [4.69, 9.17) is 35.7 Å². The Morgan fingerprint density at radius 3 is 2.04 bits per heavy atom. The number of carbonyl (C=O) groups excluding carboxylic acids is 1. The van der Waals surface area contributed by atoms with Gasteiger partial charge in [0, 0.05) is 58.9 Å². The summed E-state index contributed by atoms with van der Waals surface area (Å²) in [5.41, 5.74) is 7.19. The largest absolute Gasteiger partial charge is 0.486 e. The molecule has 0 unspecified atom stereocenters. The molecule has 11 nitrogen and oxygen atoms in total. The zero-order chi connectivity index (χ0) is 51.6. The SMILES string of the molecule is C#Cc1ccc(COc2c(-c3c(C)c(F)cc4nn(C(c5ccccc5)(c5ccccc5)c5ccccc5)cc34)c(C3CC3)cc3c(N4C[C@@H]5C[C@H]4CN5C(=O)OC(C)(C)C)nc(OC[C@H]4CCCN4C)nc23)cc1. The monoisotopic (exact) mass is 999 g/mol. The van der Waals surface area contributed by atoms with Crippen LogP contribution < -0.4 is 14.4 Å². The van der Waals surface area contributed by atoms with Crippen molar-refractivity contribution in [2.45, 2.75) is 102 Å². The first-order valence-corrected chi connectivity index (χ1v) is 26.4. The number of hydrogen-bond donors (Lipinski definition) is 0. The number of fused-ring (bicyclic) bond motifs is 4. The number of nitrogens with zero attached hydrogens (tertiary/aromatic N) is 7. The highest BCUT2D eigenvalue weighted by Crippen LogP contribution is 2.54. The summed E-state index contributed by atoms with van der Waals surface area (Å²) in [5.74, 6) is 3.77. The number of terminal acetylenes is 1. The molecule has 3 saturated heterocycles. The molecule has 1 aliphatic carbocycles. The van der Waals surface area contributed by atoms with Gasteiger partial charge in [-0.1, -0.05) is 109 Å². The fourth-order valence-electron chi connectivity index (χ4n) is 12.0. The average molecular weight is 1000 g/mol. The van der Waals surface area contributed by atoms with Crippen molar-refractivity contribution in [1.29, 1.82) is 0 Å². The van der Waals surface area contributed by atoms with E-state index >= 15 is 4.39 Å². The highest BCUT2D eigenvalue weighted by atomic mass is 19.1. The molecular formula is C63H62FN7O4. The van der Waals surface area contributed by atoms with Gasteiger partial charge >= 0.3 is 12.1 Å². The first-order chi connectivity index (χ1) is 36.4. The van der Waals surface area contributed by atoms with Crippen molar-refractivity contribution in [3.63, 3.8) is 0 Å². The van der Waals surface area contributed by atoms with Gasteiger partial charge in [-0.3, -0.25) is 4.68 Å². The van der Waals surface area contributed by atoms with Gasteiger partial charge in [0.2, 0.25) is 0 Å². The molecule has 12 heteroatoms. The van der Waals surface area contributed by atoms with Crippen LogP contribution in [0, 0.1) is 25.1 Å². The van der Waals surface area contributed by atoms with Gasteiger partial charge in [-0.2, -0.15) is 15.1 Å². The molecule has 2 aromatic heterocycles. The van der Waals surface area contributed by atoms with Crippen molar-refractivity contribution in [1.82, 2.24) is 29.5 Å². The average Bonchev–Trinajstić information content (AvgIpc) is 3.66. The van der Waals surface area contributed by atoms with Gasteiger partial charge in [-0.15, -0.1) is 6.42 Å². The van der Waals surface area contributed by atoms with Crippen LogP contribution in [-0.4, -0.2) is 92.7 Å². The number of hydrogen-bond acceptors (Lipinski definition) is 9. The number of rotatable bonds is 13. The summed E-state index contributed by atoms with van der Waals surface area (Å²) in [6, 6.07) is 43.2. The second-order valence-electron chi connectivity index (χ2n) is 21.9. The van der Waals surface area contributed by atoms with Crippen LogP contribution >= 0.6 is 0 Å². The summed E-state index contributed by atoms with van der Waals surface area (Å²) in [4.78, 5) is 30.7. The zero-order valence-corrected chi connectivity index (χ0v) is 43.3. The van der Waals surface area contributed by atoms with Crippen LogP contribution in [-0.2, 0) is 16.9 Å². The molecule has 2 bridgehead atoms. The third-order valence-electron chi connectivity index (χ3n) is 15.9. The minimum absolute atomic E-state index is 0.0208. The first-order valence-electron chi connectivity index (χ1n) is 26.4. The fourth-order valence-corrected chi connectivity index (χ4v) is 12.0. The third kappa shape index (κ3) is 8.80. The van der Waals surface area contributed by atoms with Gasteiger partial charge in [0.1, 0.15) is 41.5 Å². The summed E-state index contributed by atoms with van der Waals surface area (Å²) < 4.78 is 39.2. The summed E-state index contributed by atoms with van der Waals surface area (Å²) in [5, 5.41) is 7.02. The van der Waals surface area contributed by atoms with E-state index < -0.39 is 11.1 Å². The second kappa shape index (κ2) is 19.2. The molecule has 6 aromatic carbocycles. The number of likely N-dealkylation sites (N-methyl/N-ethyl adjacent to an activating group) is 1. The Labute approximate surface area is 438 Å². The molecule has 4 fully saturated rings. The molecule has 4 aliphatic rings. The molecule has 1 amide bonds. The molecular weight excluding hydrogens is 938 g/mol. The smallest absolute Gasteiger partial charge is 0.410 e. The summed E-state index contributed by atoms with van der Waals surface area (Å²) in [6.07, 6.45) is 12.4. The van der Waals surface area contributed by atoms with Crippen molar-refractivity contribution in [2.24, 2.45) is 0 Å². The van der Waals surface area contributed by atoms with Crippen LogP contribution in [0.2, 0.25) is 0 Å². The maximum atomic E-state index is 17.3. The topological polar surface area (TPSA) is 98.1 Å². The van der Waals surface area contributed by atoms with E-state index in [-0.39, 0.29) is 48.6 Å². The number of anilines is 1. The van der Waals surface area contributed by atoms with Gasteiger partial charge in [0.05, 0.1) is 17.6 Å². The molecule has 12 rings (SSSR count). The Bertz CT molecular complexity index is 3380. The zero-order valence-electron chi connectivity index (χ0n) is 43.3. The van der Waals surface area contributed by atoms with Gasteiger partial charge in [0.25, 0.3) is 0 Å². The number of aromatic nitrogens is 4. The molecule has 0 spiro atoms. The third-order valence-corrected chi connectivity index (χ3v) is 15.9. The van der Waals surface area contributed by atoms with Crippen LogP contribution in [0.3, 0.4) is 0 Å². The van der Waals surface area contributed by atoms with Crippen molar-refractivity contribution in [2.75, 3.05) is 38.2 Å². The molecule has 1 saturated carbocycles. The Morgan fingerprint density at radius 2 is 1.47 bits per heavy atom. The van der Waals surface area contributed by atoms with E-state index in [9.17, 15) is 4.79 Å². The molecule has 3 aliphatic heterocycles. The maximum absolute atomic E-state index is 17.3. The van der Waals surface area contributed by atoms with Crippen molar-refractivity contribution >= 4 is 33.7 Å². The van der Waals surface area contributed by atoms with Crippen LogP contribution in [0.15, 0.2) is 134 Å². The van der Waals surface area contributed by atoms with Crippen LogP contribution in [0.4, 0.5) is 15.0 Å². The van der Waals surface area contributed by atoms with E-state index in [0.29, 0.717) is 47.6 Å². The fraction of sp³-hybridized carbons (Fsp3) is 0.333. The number of carbonyl (C=O) groups is 1. The lowest BCUT2D eigenvalue weighted by molar-refractivity contribution is 0.0214. The van der Waals surface area contributed by atoms with E-state index in [1.807, 2.05) is 79.7 Å². The number of piperazine rings is 1. The van der Waals surface area contributed by atoms with Crippen molar-refractivity contribution in [3.8, 4) is 35.2 Å². The van der Waals surface area contributed by atoms with E-state index in [2.05, 4.69) is 108 Å². The van der Waals surface area contributed by atoms with Crippen LogP contribution in [0.1, 0.15) is 97.7 Å². The van der Waals surface area contributed by atoms with Crippen LogP contribution in [0.25, 0.3) is 32.9 Å². The standard InChI is InChI=1S/C63H62FN7O4/c1-7-41-25-27-42(28-26-41)38-73-58-56(55-40(2)53(64)34-54-52(55)37-71(67-54)63(44-18-11-8-12-19-44,45-20-13-9-14-21-45)46-22-15-10-16-23-46)50(43-29-30-43)33-51-57(58)65-60(74-39-47-24-17-31-68(47)6)66-59(51)69-35-49-32-48(69)36-70(49)61(72)75-62(3,4)5/h1,8-16,18-23,25-28,33-34,37,43,47-49H,17,24,29-32,35-36,38-39H2,2-6H3/t47-,48+,49+/m1/s1. The molecule has 75 heavy (non-hydrogen) atoms. The minimum Gasteiger partial charge on any atom is -0.486 e. The summed E-state index contributed by atoms with van der Waals surface area (Å²) in [7, 11) is 2.13. The predicted octanol–water partition coefficient (Wildman–Crippen LogP) is 12.0. The molecule has 380 valence electrons. The molecule has 0 N–H and O–H groups in total. The number of halogens is 1. The maximum Gasteiger partial charge on any atom is 0.410 e. The van der Waals surface area contributed by atoms with Gasteiger partial charge in [-0.05, 0) is 131 Å². The molecule has 0 radical (unpaired) electrons. The van der Waals surface area contributed by atoms with Gasteiger partial charge in [-0.25, -0.2) is 9.18 Å². The Hall–Kier alpha value is -7.75. The minimum atomic E-state index is -0.951. The first kappa shape index (κ1) is 48.2. The van der Waals surface area contributed by atoms with Gasteiger partial charge < -0.3 is 28.9 Å². The van der Waals surface area contributed by atoms with Crippen molar-refractivity contribution in [3.05, 3.63) is 178 Å². The molecule has 8 aromatic rings. The highest BCUT2D eigenvalue weighted by Gasteiger charge is 2.48. The van der Waals surface area contributed by atoms with Crippen LogP contribution in [0.5, 0.6) is 11.8 Å². The van der Waals surface area contributed by atoms with Gasteiger partial charge in [0.15, 0.2) is 5.75 Å². The quantitative estimate of drug-likeness (QED) is 0.0826. The Morgan fingerprint density at radius 1 is 0.800 bits per heavy atom. The lowest BCUT2D eigenvalue weighted by atomic mass is 9.77. The Balaban J connectivity index is 1.10. The van der Waals surface area contributed by atoms with E-state index in [1.165, 1.54) is 0 Å². The number of ether oxygens (including phenoxy) is 3. The molecule has 3 atom stereocenters. The lowest BCUT2D eigenvalue weighted by Crippen LogP contribution is -2.50. The highest BCUT2D eigenvalue weighted by molar-refractivity contribution is 6.06. The second-order valence-corrected chi connectivity index (χ2v) is 21.9. The lowest BCUT2D eigenvalue weighted by Gasteiger charge is -2.36. The number of benzene rings is 6. The molecule has 5 heterocycles. The Kier molecular flexibility index (Phi) is 12.3. The van der Waals surface area contributed by atoms with E-state index in [1.54, 1.807) is 6.07 Å². The number of likely N-dealkylation sites (tertiary alicyclic amines) is 2. The predicted molar refractivity (Wildman–Crippen MR) is 292 cm³/mol. The van der Waals surface area contributed by atoms with E-state index in [0.717, 1.165) is 94.2 Å². The summed E-state index contributed by atoms with van der Waals surface area (Å²) >= 11 is 0. The summed E-state index contributed by atoms with van der Waals surface area (Å²) in [6.45, 7) is 10.2. The number of amides is 1. The normalized spacial score (nSPS) is 18.8.